The van der Waals surface area contributed by atoms with Crippen molar-refractivity contribution in [1.82, 2.24) is 19.5 Å². The summed E-state index contributed by atoms with van der Waals surface area (Å²) in [5, 5.41) is 0. The van der Waals surface area contributed by atoms with Crippen LogP contribution in [0.4, 0.5) is 0 Å². The van der Waals surface area contributed by atoms with Crippen LogP contribution in [-0.4, -0.2) is 19.5 Å². The molecule has 2 heterocycles. The molecule has 0 radical (unpaired) electrons. The van der Waals surface area contributed by atoms with Gasteiger partial charge in [0.25, 0.3) is 0 Å². The van der Waals surface area contributed by atoms with Crippen molar-refractivity contribution in [1.29, 1.82) is 0 Å². The van der Waals surface area contributed by atoms with Gasteiger partial charge in [-0.25, -0.2) is 15.0 Å². The molecule has 1 atom stereocenters. The van der Waals surface area contributed by atoms with Crippen LogP contribution >= 0.6 is 0 Å². The van der Waals surface area contributed by atoms with E-state index in [1.54, 1.807) is 6.20 Å². The number of hydrogen-bond acceptors (Lipinski definition) is 3. The molecule has 106 valence electrons. The SMILES string of the molecule is CC(C)=Cc1cnc2ncn([C@@H](C)c3ccccc3)c2n1. The van der Waals surface area contributed by atoms with E-state index < -0.39 is 0 Å². The van der Waals surface area contributed by atoms with Crippen LogP contribution < -0.4 is 0 Å². The summed E-state index contributed by atoms with van der Waals surface area (Å²) in [6.45, 7) is 6.25. The Hall–Kier alpha value is -2.49. The molecular weight excluding hydrogens is 260 g/mol. The molecular formula is C17H18N4. The first-order valence-corrected chi connectivity index (χ1v) is 7.04. The monoisotopic (exact) mass is 278 g/mol. The number of imidazole rings is 1. The van der Waals surface area contributed by atoms with E-state index >= 15 is 0 Å². The van der Waals surface area contributed by atoms with Gasteiger partial charge in [-0.15, -0.1) is 0 Å². The van der Waals surface area contributed by atoms with Gasteiger partial charge < -0.3 is 4.57 Å². The molecule has 3 aromatic rings. The third kappa shape index (κ3) is 2.70. The minimum atomic E-state index is 0.174. The summed E-state index contributed by atoms with van der Waals surface area (Å²) < 4.78 is 2.07. The van der Waals surface area contributed by atoms with Crippen LogP contribution in [0.5, 0.6) is 0 Å². The lowest BCUT2D eigenvalue weighted by Gasteiger charge is -2.14. The van der Waals surface area contributed by atoms with E-state index in [1.165, 1.54) is 11.1 Å². The molecule has 0 saturated heterocycles. The van der Waals surface area contributed by atoms with Crippen LogP contribution in [0, 0.1) is 0 Å². The van der Waals surface area contributed by atoms with E-state index in [0.717, 1.165) is 11.3 Å². The maximum atomic E-state index is 4.68. The Kier molecular flexibility index (Phi) is 3.52. The fourth-order valence-corrected chi connectivity index (χ4v) is 2.36. The molecule has 0 aliphatic carbocycles. The number of benzene rings is 1. The zero-order chi connectivity index (χ0) is 14.8. The lowest BCUT2D eigenvalue weighted by atomic mass is 10.1. The van der Waals surface area contributed by atoms with Crippen molar-refractivity contribution in [2.75, 3.05) is 0 Å². The van der Waals surface area contributed by atoms with E-state index in [2.05, 4.69) is 52.4 Å². The van der Waals surface area contributed by atoms with Gasteiger partial charge in [-0.3, -0.25) is 0 Å². The predicted octanol–water partition coefficient (Wildman–Crippen LogP) is 3.86. The summed E-state index contributed by atoms with van der Waals surface area (Å²) >= 11 is 0. The Morgan fingerprint density at radius 3 is 2.62 bits per heavy atom. The van der Waals surface area contributed by atoms with E-state index in [1.807, 2.05) is 30.6 Å². The minimum Gasteiger partial charge on any atom is -0.307 e. The van der Waals surface area contributed by atoms with Crippen molar-refractivity contribution < 1.29 is 0 Å². The van der Waals surface area contributed by atoms with Gasteiger partial charge >= 0.3 is 0 Å². The first-order valence-electron chi connectivity index (χ1n) is 7.04. The molecule has 3 rings (SSSR count). The molecule has 0 amide bonds. The standard InChI is InChI=1S/C17H18N4/c1-12(2)9-15-10-18-16-17(20-15)21(11-19-16)13(3)14-7-5-4-6-8-14/h4-11,13H,1-3H3/t13-/m0/s1. The van der Waals surface area contributed by atoms with Gasteiger partial charge in [0.05, 0.1) is 24.3 Å². The Balaban J connectivity index is 2.08. The smallest absolute Gasteiger partial charge is 0.197 e. The predicted molar refractivity (Wildman–Crippen MR) is 84.9 cm³/mol. The van der Waals surface area contributed by atoms with Crippen molar-refractivity contribution in [3.05, 3.63) is 59.7 Å². The summed E-state index contributed by atoms with van der Waals surface area (Å²) in [7, 11) is 0. The number of fused-ring (bicyclic) bond motifs is 1. The highest BCUT2D eigenvalue weighted by atomic mass is 15.1. The number of rotatable bonds is 3. The molecule has 4 nitrogen and oxygen atoms in total. The molecule has 0 unspecified atom stereocenters. The first kappa shape index (κ1) is 13.5. The maximum Gasteiger partial charge on any atom is 0.197 e. The van der Waals surface area contributed by atoms with Crippen molar-refractivity contribution in [3.63, 3.8) is 0 Å². The second kappa shape index (κ2) is 5.48. The first-order chi connectivity index (χ1) is 10.1. The van der Waals surface area contributed by atoms with E-state index in [0.29, 0.717) is 5.65 Å². The van der Waals surface area contributed by atoms with Gasteiger partial charge in [-0.1, -0.05) is 35.9 Å². The molecule has 1 aromatic carbocycles. The Bertz CT molecular complexity index is 783. The van der Waals surface area contributed by atoms with Crippen molar-refractivity contribution in [3.8, 4) is 0 Å². The van der Waals surface area contributed by atoms with Crippen LogP contribution in [0.3, 0.4) is 0 Å². The van der Waals surface area contributed by atoms with Gasteiger partial charge in [-0.2, -0.15) is 0 Å². The lowest BCUT2D eigenvalue weighted by Crippen LogP contribution is -2.06. The highest BCUT2D eigenvalue weighted by Crippen LogP contribution is 2.21. The summed E-state index contributed by atoms with van der Waals surface area (Å²) in [5.74, 6) is 0. The Morgan fingerprint density at radius 1 is 1.14 bits per heavy atom. The Labute approximate surface area is 124 Å². The van der Waals surface area contributed by atoms with Gasteiger partial charge in [0.15, 0.2) is 11.3 Å². The molecule has 0 N–H and O–H groups in total. The second-order valence-corrected chi connectivity index (χ2v) is 5.40. The third-order valence-corrected chi connectivity index (χ3v) is 3.44. The summed E-state index contributed by atoms with van der Waals surface area (Å²) in [6.07, 6.45) is 5.60. The number of hydrogen-bond donors (Lipinski definition) is 0. The molecule has 0 bridgehead atoms. The topological polar surface area (TPSA) is 43.6 Å². The van der Waals surface area contributed by atoms with Crippen LogP contribution in [0.1, 0.15) is 38.1 Å². The fourth-order valence-electron chi connectivity index (χ4n) is 2.36. The molecule has 2 aromatic heterocycles. The molecule has 0 fully saturated rings. The normalized spacial score (nSPS) is 12.3. The largest absolute Gasteiger partial charge is 0.307 e. The summed E-state index contributed by atoms with van der Waals surface area (Å²) in [6, 6.07) is 10.5. The molecule has 21 heavy (non-hydrogen) atoms. The molecule has 4 heteroatoms. The van der Waals surface area contributed by atoms with Crippen LogP contribution in [0.2, 0.25) is 0 Å². The van der Waals surface area contributed by atoms with Crippen LogP contribution in [0.15, 0.2) is 48.4 Å². The van der Waals surface area contributed by atoms with Gasteiger partial charge in [0.1, 0.15) is 0 Å². The summed E-state index contributed by atoms with van der Waals surface area (Å²) in [4.78, 5) is 13.4. The van der Waals surface area contributed by atoms with E-state index in [-0.39, 0.29) is 6.04 Å². The number of aromatic nitrogens is 4. The van der Waals surface area contributed by atoms with E-state index in [4.69, 9.17) is 0 Å². The highest BCUT2D eigenvalue weighted by Gasteiger charge is 2.13. The minimum absolute atomic E-state index is 0.174. The lowest BCUT2D eigenvalue weighted by molar-refractivity contribution is 0.652. The van der Waals surface area contributed by atoms with Crippen LogP contribution in [-0.2, 0) is 0 Å². The molecule has 0 aliphatic rings. The zero-order valence-electron chi connectivity index (χ0n) is 12.5. The average Bonchev–Trinajstić information content (AvgIpc) is 2.90. The van der Waals surface area contributed by atoms with Gasteiger partial charge in [0, 0.05) is 0 Å². The zero-order valence-corrected chi connectivity index (χ0v) is 12.5. The molecule has 0 spiro atoms. The van der Waals surface area contributed by atoms with Gasteiger partial charge in [-0.05, 0) is 32.4 Å². The summed E-state index contributed by atoms with van der Waals surface area (Å²) in [5.41, 5.74) is 4.80. The average molecular weight is 278 g/mol. The quantitative estimate of drug-likeness (QED) is 0.730. The van der Waals surface area contributed by atoms with E-state index in [9.17, 15) is 0 Å². The van der Waals surface area contributed by atoms with Crippen molar-refractivity contribution >= 4 is 17.4 Å². The van der Waals surface area contributed by atoms with Gasteiger partial charge in [0.2, 0.25) is 0 Å². The number of nitrogens with zero attached hydrogens (tertiary/aromatic N) is 4. The molecule has 0 aliphatic heterocycles. The molecule has 0 saturated carbocycles. The van der Waals surface area contributed by atoms with Crippen molar-refractivity contribution in [2.24, 2.45) is 0 Å². The Morgan fingerprint density at radius 2 is 1.90 bits per heavy atom. The highest BCUT2D eigenvalue weighted by molar-refractivity contribution is 5.68. The third-order valence-electron chi connectivity index (χ3n) is 3.44. The van der Waals surface area contributed by atoms with Crippen LogP contribution in [0.25, 0.3) is 17.4 Å². The number of allylic oxidation sites excluding steroid dienone is 1. The second-order valence-electron chi connectivity index (χ2n) is 5.40. The maximum absolute atomic E-state index is 4.68. The fraction of sp³-hybridized carbons (Fsp3) is 0.235. The van der Waals surface area contributed by atoms with Crippen molar-refractivity contribution in [2.45, 2.75) is 26.8 Å².